The van der Waals surface area contributed by atoms with E-state index in [1.165, 1.54) is 0 Å². The van der Waals surface area contributed by atoms with Crippen molar-refractivity contribution in [2.75, 3.05) is 33.4 Å². The number of nitrogens with zero attached hydrogens (tertiary/aromatic N) is 1. The summed E-state index contributed by atoms with van der Waals surface area (Å²) < 4.78 is 17.2. The van der Waals surface area contributed by atoms with Crippen LogP contribution in [0.25, 0.3) is 0 Å². The molecule has 1 atom stereocenters. The molecule has 1 aromatic rings. The second-order valence-corrected chi connectivity index (χ2v) is 6.71. The van der Waals surface area contributed by atoms with Gasteiger partial charge in [0.15, 0.2) is 17.5 Å². The van der Waals surface area contributed by atoms with Gasteiger partial charge in [0.25, 0.3) is 0 Å². The van der Waals surface area contributed by atoms with E-state index < -0.39 is 0 Å². The van der Waals surface area contributed by atoms with E-state index in [4.69, 9.17) is 14.2 Å². The van der Waals surface area contributed by atoms with Gasteiger partial charge in [-0.1, -0.05) is 19.9 Å². The van der Waals surface area contributed by atoms with Crippen molar-refractivity contribution in [1.29, 1.82) is 0 Å². The minimum absolute atomic E-state index is 0.271. The van der Waals surface area contributed by atoms with Crippen molar-refractivity contribution in [3.05, 3.63) is 23.8 Å². The van der Waals surface area contributed by atoms with Gasteiger partial charge >= 0.3 is 0 Å². The Morgan fingerprint density at radius 2 is 1.96 bits per heavy atom. The SMILES string of the molecule is CCOC(CCNC(=NC)NCc1ccc2c(c1)OCCCO2)C(C)C. The zero-order valence-corrected chi connectivity index (χ0v) is 16.5. The van der Waals surface area contributed by atoms with Gasteiger partial charge < -0.3 is 24.8 Å². The highest BCUT2D eigenvalue weighted by atomic mass is 16.5. The van der Waals surface area contributed by atoms with Crippen LogP contribution in [-0.2, 0) is 11.3 Å². The predicted molar refractivity (Wildman–Crippen MR) is 105 cm³/mol. The molecule has 1 aromatic carbocycles. The first-order valence-electron chi connectivity index (χ1n) is 9.58. The molecule has 1 heterocycles. The van der Waals surface area contributed by atoms with Gasteiger partial charge in [0.2, 0.25) is 0 Å². The topological polar surface area (TPSA) is 64.1 Å². The molecule has 0 fully saturated rings. The van der Waals surface area contributed by atoms with Crippen molar-refractivity contribution in [2.45, 2.75) is 46.3 Å². The van der Waals surface area contributed by atoms with Gasteiger partial charge in [-0.3, -0.25) is 4.99 Å². The highest BCUT2D eigenvalue weighted by molar-refractivity contribution is 5.79. The number of hydrogen-bond donors (Lipinski definition) is 2. The minimum Gasteiger partial charge on any atom is -0.490 e. The van der Waals surface area contributed by atoms with Crippen molar-refractivity contribution in [3.8, 4) is 11.5 Å². The Labute approximate surface area is 157 Å². The van der Waals surface area contributed by atoms with Crippen LogP contribution >= 0.6 is 0 Å². The van der Waals surface area contributed by atoms with Crippen molar-refractivity contribution >= 4 is 5.96 Å². The van der Waals surface area contributed by atoms with Crippen LogP contribution < -0.4 is 20.1 Å². The maximum absolute atomic E-state index is 5.79. The number of fused-ring (bicyclic) bond motifs is 1. The van der Waals surface area contributed by atoms with Crippen LogP contribution in [0.2, 0.25) is 0 Å². The molecule has 26 heavy (non-hydrogen) atoms. The van der Waals surface area contributed by atoms with Crippen LogP contribution in [0, 0.1) is 5.92 Å². The molecule has 0 amide bonds. The summed E-state index contributed by atoms with van der Waals surface area (Å²) >= 11 is 0. The predicted octanol–water partition coefficient (Wildman–Crippen LogP) is 2.96. The molecule has 2 rings (SSSR count). The van der Waals surface area contributed by atoms with Gasteiger partial charge in [0.1, 0.15) is 0 Å². The van der Waals surface area contributed by atoms with Crippen molar-refractivity contribution in [3.63, 3.8) is 0 Å². The zero-order chi connectivity index (χ0) is 18.8. The highest BCUT2D eigenvalue weighted by Crippen LogP contribution is 2.30. The first-order chi connectivity index (χ1) is 12.6. The average Bonchev–Trinajstić information content (AvgIpc) is 2.88. The fourth-order valence-corrected chi connectivity index (χ4v) is 2.88. The van der Waals surface area contributed by atoms with Crippen LogP contribution in [0.4, 0.5) is 0 Å². The van der Waals surface area contributed by atoms with E-state index in [-0.39, 0.29) is 6.10 Å². The number of hydrogen-bond acceptors (Lipinski definition) is 4. The summed E-state index contributed by atoms with van der Waals surface area (Å²) in [6, 6.07) is 6.06. The van der Waals surface area contributed by atoms with Crippen molar-refractivity contribution in [2.24, 2.45) is 10.9 Å². The molecule has 0 spiro atoms. The highest BCUT2D eigenvalue weighted by Gasteiger charge is 2.13. The maximum Gasteiger partial charge on any atom is 0.191 e. The molecule has 2 N–H and O–H groups in total. The summed E-state index contributed by atoms with van der Waals surface area (Å²) in [5.74, 6) is 2.94. The van der Waals surface area contributed by atoms with Gasteiger partial charge in [0.05, 0.1) is 19.3 Å². The lowest BCUT2D eigenvalue weighted by atomic mass is 10.0. The zero-order valence-electron chi connectivity index (χ0n) is 16.5. The van der Waals surface area contributed by atoms with E-state index >= 15 is 0 Å². The second-order valence-electron chi connectivity index (χ2n) is 6.71. The molecule has 0 aromatic heterocycles. The standard InChI is InChI=1S/C20H33N3O3/c1-5-24-17(15(2)3)9-10-22-20(21-4)23-14-16-7-8-18-19(13-16)26-12-6-11-25-18/h7-8,13,15,17H,5-6,9-12,14H2,1-4H3,(H2,21,22,23). The van der Waals surface area contributed by atoms with Gasteiger partial charge in [-0.05, 0) is 37.0 Å². The fourth-order valence-electron chi connectivity index (χ4n) is 2.88. The Morgan fingerprint density at radius 1 is 1.19 bits per heavy atom. The molecular formula is C20H33N3O3. The molecular weight excluding hydrogens is 330 g/mol. The molecule has 0 bridgehead atoms. The van der Waals surface area contributed by atoms with Crippen molar-refractivity contribution in [1.82, 2.24) is 10.6 Å². The number of rotatable bonds is 8. The lowest BCUT2D eigenvalue weighted by molar-refractivity contribution is 0.0258. The summed E-state index contributed by atoms with van der Waals surface area (Å²) in [5.41, 5.74) is 1.13. The van der Waals surface area contributed by atoms with E-state index in [9.17, 15) is 0 Å². The summed E-state index contributed by atoms with van der Waals surface area (Å²) in [6.45, 7) is 10.1. The third-order valence-corrected chi connectivity index (χ3v) is 4.34. The number of nitrogens with one attached hydrogen (secondary N) is 2. The van der Waals surface area contributed by atoms with E-state index in [1.807, 2.05) is 19.1 Å². The Balaban J connectivity index is 1.80. The van der Waals surface area contributed by atoms with Crippen LogP contribution in [0.15, 0.2) is 23.2 Å². The van der Waals surface area contributed by atoms with Gasteiger partial charge in [-0.25, -0.2) is 0 Å². The van der Waals surface area contributed by atoms with Gasteiger partial charge in [0, 0.05) is 33.2 Å². The van der Waals surface area contributed by atoms with Crippen molar-refractivity contribution < 1.29 is 14.2 Å². The van der Waals surface area contributed by atoms with Crippen LogP contribution in [0.5, 0.6) is 11.5 Å². The summed E-state index contributed by atoms with van der Waals surface area (Å²) in [5, 5.41) is 6.70. The first kappa shape index (κ1) is 20.4. The molecule has 6 nitrogen and oxygen atoms in total. The monoisotopic (exact) mass is 363 g/mol. The lowest BCUT2D eigenvalue weighted by Gasteiger charge is -2.21. The van der Waals surface area contributed by atoms with Gasteiger partial charge in [-0.2, -0.15) is 0 Å². The number of guanidine groups is 1. The Hall–Kier alpha value is -1.95. The Morgan fingerprint density at radius 3 is 2.65 bits per heavy atom. The number of ether oxygens (including phenoxy) is 3. The molecule has 1 unspecified atom stereocenters. The van der Waals surface area contributed by atoms with E-state index in [0.717, 1.165) is 49.0 Å². The molecule has 0 radical (unpaired) electrons. The largest absolute Gasteiger partial charge is 0.490 e. The van der Waals surface area contributed by atoms with E-state index in [1.54, 1.807) is 7.05 Å². The molecule has 0 saturated heterocycles. The smallest absolute Gasteiger partial charge is 0.191 e. The molecule has 146 valence electrons. The van der Waals surface area contributed by atoms with E-state index in [0.29, 0.717) is 25.7 Å². The first-order valence-corrected chi connectivity index (χ1v) is 9.58. The Bertz CT molecular complexity index is 575. The average molecular weight is 364 g/mol. The molecule has 0 aliphatic carbocycles. The normalized spacial score (nSPS) is 15.5. The third kappa shape index (κ3) is 6.41. The Kier molecular flexibility index (Phi) is 8.54. The minimum atomic E-state index is 0.271. The molecule has 1 aliphatic rings. The summed E-state index contributed by atoms with van der Waals surface area (Å²) in [6.07, 6.45) is 2.14. The van der Waals surface area contributed by atoms with Crippen LogP contribution in [0.3, 0.4) is 0 Å². The maximum atomic E-state index is 5.79. The van der Waals surface area contributed by atoms with Crippen LogP contribution in [-0.4, -0.2) is 45.5 Å². The number of aliphatic imine (C=N–C) groups is 1. The molecule has 6 heteroatoms. The van der Waals surface area contributed by atoms with E-state index in [2.05, 4.69) is 35.5 Å². The fraction of sp³-hybridized carbons (Fsp3) is 0.650. The van der Waals surface area contributed by atoms with Gasteiger partial charge in [-0.15, -0.1) is 0 Å². The second kappa shape index (κ2) is 10.9. The summed E-state index contributed by atoms with van der Waals surface area (Å²) in [7, 11) is 1.78. The number of benzene rings is 1. The quantitative estimate of drug-likeness (QED) is 0.549. The summed E-state index contributed by atoms with van der Waals surface area (Å²) in [4.78, 5) is 4.29. The molecule has 0 saturated carbocycles. The van der Waals surface area contributed by atoms with Crippen LogP contribution in [0.1, 0.15) is 39.2 Å². The molecule has 1 aliphatic heterocycles. The third-order valence-electron chi connectivity index (χ3n) is 4.34. The lowest BCUT2D eigenvalue weighted by Crippen LogP contribution is -2.38.